The molecule has 1 aromatic carbocycles. The van der Waals surface area contributed by atoms with Gasteiger partial charge >= 0.3 is 12.1 Å². The summed E-state index contributed by atoms with van der Waals surface area (Å²) in [4.78, 5) is 13.2. The molecule has 2 heterocycles. The van der Waals surface area contributed by atoms with Gasteiger partial charge in [0.25, 0.3) is 0 Å². The number of hydrogen-bond acceptors (Lipinski definition) is 3. The van der Waals surface area contributed by atoms with E-state index in [-0.39, 0.29) is 6.54 Å². The molecule has 0 amide bonds. The smallest absolute Gasteiger partial charge is 0.416 e. The second-order valence-corrected chi connectivity index (χ2v) is 6.21. The number of benzene rings is 1. The number of piperidine rings is 1. The second-order valence-electron chi connectivity index (χ2n) is 6.21. The van der Waals surface area contributed by atoms with Crippen LogP contribution < -0.4 is 0 Å². The number of rotatable bonds is 4. The van der Waals surface area contributed by atoms with Gasteiger partial charge in [-0.2, -0.15) is 13.2 Å². The van der Waals surface area contributed by atoms with Gasteiger partial charge < -0.3 is 9.52 Å². The largest absolute Gasteiger partial charge is 0.481 e. The SMILES string of the molecule is O=C(O)C1CCCN(C(c2cccc(C(F)(F)F)c2)c2ccco2)C1. The van der Waals surface area contributed by atoms with Crippen molar-refractivity contribution >= 4 is 5.97 Å². The number of carboxylic acids is 1. The minimum atomic E-state index is -4.44. The Morgan fingerprint density at radius 1 is 1.28 bits per heavy atom. The molecule has 1 saturated heterocycles. The lowest BCUT2D eigenvalue weighted by atomic mass is 9.93. The zero-order valence-corrected chi connectivity index (χ0v) is 13.4. The molecule has 1 N–H and O–H groups in total. The Morgan fingerprint density at radius 2 is 2.08 bits per heavy atom. The summed E-state index contributed by atoms with van der Waals surface area (Å²) in [7, 11) is 0. The third-order valence-electron chi connectivity index (χ3n) is 4.51. The number of aliphatic carboxylic acids is 1. The Balaban J connectivity index is 1.98. The Morgan fingerprint density at radius 3 is 2.72 bits per heavy atom. The first-order chi connectivity index (χ1) is 11.9. The average Bonchev–Trinajstić information content (AvgIpc) is 3.09. The van der Waals surface area contributed by atoms with E-state index < -0.39 is 29.7 Å². The molecule has 3 rings (SSSR count). The van der Waals surface area contributed by atoms with E-state index >= 15 is 0 Å². The molecule has 2 unspecified atom stereocenters. The molecular weight excluding hydrogens is 335 g/mol. The number of carboxylic acid groups (broad SMARTS) is 1. The molecule has 0 spiro atoms. The van der Waals surface area contributed by atoms with Crippen LogP contribution >= 0.6 is 0 Å². The summed E-state index contributed by atoms with van der Waals surface area (Å²) in [5, 5.41) is 9.29. The molecular formula is C18H18F3NO3. The third kappa shape index (κ3) is 3.87. The van der Waals surface area contributed by atoms with Gasteiger partial charge in [-0.3, -0.25) is 9.69 Å². The Kier molecular flexibility index (Phi) is 4.85. The summed E-state index contributed by atoms with van der Waals surface area (Å²) in [5.74, 6) is -0.908. The van der Waals surface area contributed by atoms with Crippen molar-refractivity contribution in [2.24, 2.45) is 5.92 Å². The topological polar surface area (TPSA) is 53.7 Å². The standard InChI is InChI=1S/C18H18F3NO3/c19-18(20,21)14-6-1-4-12(10-14)16(15-7-3-9-25-15)22-8-2-5-13(11-22)17(23)24/h1,3-4,6-7,9-10,13,16H,2,5,8,11H2,(H,23,24). The summed E-state index contributed by atoms with van der Waals surface area (Å²) >= 11 is 0. The number of nitrogens with zero attached hydrogens (tertiary/aromatic N) is 1. The number of likely N-dealkylation sites (tertiary alicyclic amines) is 1. The van der Waals surface area contributed by atoms with Crippen LogP contribution in [0.5, 0.6) is 0 Å². The fourth-order valence-corrected chi connectivity index (χ4v) is 3.33. The van der Waals surface area contributed by atoms with Crippen LogP contribution in [0.25, 0.3) is 0 Å². The van der Waals surface area contributed by atoms with E-state index in [1.54, 1.807) is 18.2 Å². The molecule has 2 aromatic rings. The lowest BCUT2D eigenvalue weighted by Crippen LogP contribution is -2.41. The molecule has 134 valence electrons. The van der Waals surface area contributed by atoms with Gasteiger partial charge in [-0.05, 0) is 49.2 Å². The van der Waals surface area contributed by atoms with Gasteiger partial charge in [0.15, 0.2) is 0 Å². The molecule has 25 heavy (non-hydrogen) atoms. The lowest BCUT2D eigenvalue weighted by Gasteiger charge is -2.36. The summed E-state index contributed by atoms with van der Waals surface area (Å²) < 4.78 is 44.7. The van der Waals surface area contributed by atoms with E-state index in [1.165, 1.54) is 12.3 Å². The highest BCUT2D eigenvalue weighted by Crippen LogP contribution is 2.36. The highest BCUT2D eigenvalue weighted by atomic mass is 19.4. The van der Waals surface area contributed by atoms with Gasteiger partial charge in [-0.1, -0.05) is 12.1 Å². The van der Waals surface area contributed by atoms with Crippen LogP contribution in [-0.4, -0.2) is 29.1 Å². The molecule has 1 aliphatic heterocycles. The molecule has 0 saturated carbocycles. The van der Waals surface area contributed by atoms with Crippen molar-refractivity contribution in [2.45, 2.75) is 25.1 Å². The second kappa shape index (κ2) is 6.92. The number of halogens is 3. The van der Waals surface area contributed by atoms with Crippen LogP contribution in [0.4, 0.5) is 13.2 Å². The monoisotopic (exact) mass is 353 g/mol. The molecule has 1 aliphatic rings. The Hall–Kier alpha value is -2.28. The van der Waals surface area contributed by atoms with Crippen LogP contribution in [0.2, 0.25) is 0 Å². The van der Waals surface area contributed by atoms with E-state index in [0.717, 1.165) is 12.1 Å². The van der Waals surface area contributed by atoms with Crippen LogP contribution in [0, 0.1) is 5.92 Å². The van der Waals surface area contributed by atoms with E-state index in [2.05, 4.69) is 0 Å². The quantitative estimate of drug-likeness (QED) is 0.896. The van der Waals surface area contributed by atoms with Gasteiger partial charge in [-0.15, -0.1) is 0 Å². The molecule has 2 atom stereocenters. The maximum Gasteiger partial charge on any atom is 0.416 e. The number of furan rings is 1. The van der Waals surface area contributed by atoms with Gasteiger partial charge in [0.2, 0.25) is 0 Å². The van der Waals surface area contributed by atoms with Crippen molar-refractivity contribution in [1.29, 1.82) is 0 Å². The minimum Gasteiger partial charge on any atom is -0.481 e. The lowest BCUT2D eigenvalue weighted by molar-refractivity contribution is -0.143. The van der Waals surface area contributed by atoms with Crippen LogP contribution in [0.3, 0.4) is 0 Å². The molecule has 4 nitrogen and oxygen atoms in total. The minimum absolute atomic E-state index is 0.275. The molecule has 0 aliphatic carbocycles. The van der Waals surface area contributed by atoms with Crippen molar-refractivity contribution in [1.82, 2.24) is 4.90 Å². The fraction of sp³-hybridized carbons (Fsp3) is 0.389. The molecule has 1 aromatic heterocycles. The van der Waals surface area contributed by atoms with Gasteiger partial charge in [-0.25, -0.2) is 0 Å². The maximum atomic E-state index is 13.1. The van der Waals surface area contributed by atoms with Crippen molar-refractivity contribution < 1.29 is 27.5 Å². The third-order valence-corrected chi connectivity index (χ3v) is 4.51. The Labute approximate surface area is 142 Å². The predicted octanol–water partition coefficient (Wildman–Crippen LogP) is 4.18. The normalized spacial score (nSPS) is 20.4. The van der Waals surface area contributed by atoms with Crippen molar-refractivity contribution in [3.63, 3.8) is 0 Å². The fourth-order valence-electron chi connectivity index (χ4n) is 3.33. The van der Waals surface area contributed by atoms with E-state index in [9.17, 15) is 23.1 Å². The molecule has 0 radical (unpaired) electrons. The predicted molar refractivity (Wildman–Crippen MR) is 83.9 cm³/mol. The number of carbonyl (C=O) groups is 1. The van der Waals surface area contributed by atoms with Crippen LogP contribution in [-0.2, 0) is 11.0 Å². The van der Waals surface area contributed by atoms with E-state index in [1.807, 2.05) is 4.90 Å². The zero-order valence-electron chi connectivity index (χ0n) is 13.4. The molecule has 1 fully saturated rings. The first-order valence-corrected chi connectivity index (χ1v) is 8.03. The van der Waals surface area contributed by atoms with Crippen molar-refractivity contribution in [3.8, 4) is 0 Å². The zero-order chi connectivity index (χ0) is 18.0. The first-order valence-electron chi connectivity index (χ1n) is 8.03. The van der Waals surface area contributed by atoms with Crippen molar-refractivity contribution in [3.05, 3.63) is 59.5 Å². The maximum absolute atomic E-state index is 13.1. The molecule has 7 heteroatoms. The van der Waals surface area contributed by atoms with Gasteiger partial charge in [0.1, 0.15) is 5.76 Å². The van der Waals surface area contributed by atoms with Crippen LogP contribution in [0.15, 0.2) is 47.1 Å². The number of alkyl halides is 3. The highest BCUT2D eigenvalue weighted by molar-refractivity contribution is 5.70. The summed E-state index contributed by atoms with van der Waals surface area (Å²) in [5.41, 5.74) is -0.288. The molecule has 0 bridgehead atoms. The summed E-state index contributed by atoms with van der Waals surface area (Å²) in [6.07, 6.45) is -1.73. The summed E-state index contributed by atoms with van der Waals surface area (Å²) in [6, 6.07) is 7.96. The first kappa shape index (κ1) is 17.5. The summed E-state index contributed by atoms with van der Waals surface area (Å²) in [6.45, 7) is 0.877. The highest BCUT2D eigenvalue weighted by Gasteiger charge is 2.35. The van der Waals surface area contributed by atoms with E-state index in [0.29, 0.717) is 30.7 Å². The van der Waals surface area contributed by atoms with Gasteiger partial charge in [0.05, 0.1) is 23.8 Å². The van der Waals surface area contributed by atoms with Gasteiger partial charge in [0, 0.05) is 6.54 Å². The Bertz CT molecular complexity index is 727. The van der Waals surface area contributed by atoms with Crippen molar-refractivity contribution in [2.75, 3.05) is 13.1 Å². The van der Waals surface area contributed by atoms with Crippen LogP contribution in [0.1, 0.15) is 35.8 Å². The number of hydrogen-bond donors (Lipinski definition) is 1. The average molecular weight is 353 g/mol. The van der Waals surface area contributed by atoms with E-state index in [4.69, 9.17) is 4.42 Å².